The predicted molar refractivity (Wildman–Crippen MR) is 87.0 cm³/mol. The van der Waals surface area contributed by atoms with Crippen LogP contribution in [-0.2, 0) is 10.2 Å². The van der Waals surface area contributed by atoms with Crippen LogP contribution in [0, 0.1) is 5.92 Å². The minimum atomic E-state index is 0.0949. The fraction of sp³-hybridized carbons (Fsp3) is 0.667. The number of likely N-dealkylation sites (tertiary alicyclic amines) is 1. The molecule has 1 fully saturated rings. The van der Waals surface area contributed by atoms with Gasteiger partial charge in [0.2, 0.25) is 0 Å². The lowest BCUT2D eigenvalue weighted by atomic mass is 9.67. The molecule has 0 spiro atoms. The van der Waals surface area contributed by atoms with Crippen molar-refractivity contribution in [1.29, 1.82) is 0 Å². The van der Waals surface area contributed by atoms with Gasteiger partial charge in [0.15, 0.2) is 0 Å². The monoisotopic (exact) mass is 291 g/mol. The molecule has 0 N–H and O–H groups in total. The van der Waals surface area contributed by atoms with Crippen LogP contribution in [0.2, 0.25) is 0 Å². The molecule has 2 atom stereocenters. The Labute approximate surface area is 129 Å². The number of piperidine rings is 1. The second kappa shape index (κ2) is 6.80. The normalized spacial score (nSPS) is 27.0. The van der Waals surface area contributed by atoms with E-state index in [4.69, 9.17) is 9.47 Å². The lowest BCUT2D eigenvalue weighted by Crippen LogP contribution is -2.50. The van der Waals surface area contributed by atoms with Crippen molar-refractivity contribution in [2.75, 3.05) is 33.9 Å². The van der Waals surface area contributed by atoms with Crippen molar-refractivity contribution in [2.24, 2.45) is 5.92 Å². The van der Waals surface area contributed by atoms with Crippen molar-refractivity contribution in [2.45, 2.75) is 38.7 Å². The number of benzene rings is 1. The molecule has 0 saturated carbocycles. The molecule has 21 heavy (non-hydrogen) atoms. The zero-order valence-corrected chi connectivity index (χ0v) is 14.1. The van der Waals surface area contributed by atoms with E-state index in [0.717, 1.165) is 31.9 Å². The van der Waals surface area contributed by atoms with Crippen LogP contribution in [0.15, 0.2) is 24.3 Å². The molecule has 3 nitrogen and oxygen atoms in total. The molecule has 0 unspecified atom stereocenters. The van der Waals surface area contributed by atoms with Gasteiger partial charge in [-0.1, -0.05) is 19.1 Å². The molecule has 0 radical (unpaired) electrons. The van der Waals surface area contributed by atoms with Crippen molar-refractivity contribution in [3.63, 3.8) is 0 Å². The SMILES string of the molecule is COC[C@@]1(c2cccc(OC(C)C)c2)CCN(C)C[C@@H]1C. The van der Waals surface area contributed by atoms with E-state index in [9.17, 15) is 0 Å². The number of nitrogens with zero attached hydrogens (tertiary/aromatic N) is 1. The van der Waals surface area contributed by atoms with Crippen molar-refractivity contribution in [3.05, 3.63) is 29.8 Å². The van der Waals surface area contributed by atoms with Gasteiger partial charge in [0.25, 0.3) is 0 Å². The highest BCUT2D eigenvalue weighted by Gasteiger charge is 2.41. The topological polar surface area (TPSA) is 21.7 Å². The quantitative estimate of drug-likeness (QED) is 0.830. The highest BCUT2D eigenvalue weighted by molar-refractivity contribution is 5.35. The molecule has 118 valence electrons. The average molecular weight is 291 g/mol. The first kappa shape index (κ1) is 16.3. The van der Waals surface area contributed by atoms with Gasteiger partial charge in [0.05, 0.1) is 12.7 Å². The highest BCUT2D eigenvalue weighted by Crippen LogP contribution is 2.40. The number of rotatable bonds is 5. The van der Waals surface area contributed by atoms with Gasteiger partial charge in [0, 0.05) is 19.1 Å². The summed E-state index contributed by atoms with van der Waals surface area (Å²) in [6, 6.07) is 8.59. The smallest absolute Gasteiger partial charge is 0.119 e. The van der Waals surface area contributed by atoms with Gasteiger partial charge in [-0.25, -0.2) is 0 Å². The summed E-state index contributed by atoms with van der Waals surface area (Å²) >= 11 is 0. The van der Waals surface area contributed by atoms with Crippen LogP contribution in [0.25, 0.3) is 0 Å². The van der Waals surface area contributed by atoms with Gasteiger partial charge >= 0.3 is 0 Å². The van der Waals surface area contributed by atoms with Gasteiger partial charge in [-0.15, -0.1) is 0 Å². The van der Waals surface area contributed by atoms with E-state index < -0.39 is 0 Å². The Hall–Kier alpha value is -1.06. The van der Waals surface area contributed by atoms with Gasteiger partial charge in [-0.3, -0.25) is 0 Å². The standard InChI is InChI=1S/C18H29NO2/c1-14(2)21-17-8-6-7-16(11-17)18(13-20-5)9-10-19(4)12-15(18)3/h6-8,11,14-15H,9-10,12-13H2,1-5H3/t15-,18-/m0/s1. The fourth-order valence-electron chi connectivity index (χ4n) is 3.51. The van der Waals surface area contributed by atoms with Crippen molar-refractivity contribution in [1.82, 2.24) is 4.90 Å². The molecule has 1 saturated heterocycles. The van der Waals surface area contributed by atoms with Crippen LogP contribution in [0.5, 0.6) is 5.75 Å². The van der Waals surface area contributed by atoms with E-state index in [1.165, 1.54) is 5.56 Å². The maximum absolute atomic E-state index is 5.87. The molecule has 2 rings (SSSR count). The Bertz CT molecular complexity index is 460. The van der Waals surface area contributed by atoms with Gasteiger partial charge < -0.3 is 14.4 Å². The first-order valence-electron chi connectivity index (χ1n) is 7.92. The average Bonchev–Trinajstić information content (AvgIpc) is 2.42. The van der Waals surface area contributed by atoms with Crippen LogP contribution in [0.3, 0.4) is 0 Å². The Morgan fingerprint density at radius 2 is 2.14 bits per heavy atom. The van der Waals surface area contributed by atoms with E-state index in [0.29, 0.717) is 5.92 Å². The lowest BCUT2D eigenvalue weighted by molar-refractivity contribution is 0.0413. The summed E-state index contributed by atoms with van der Waals surface area (Å²) in [6.07, 6.45) is 1.33. The maximum Gasteiger partial charge on any atom is 0.119 e. The third-order valence-electron chi connectivity index (χ3n) is 4.65. The second-order valence-corrected chi connectivity index (χ2v) is 6.70. The summed E-state index contributed by atoms with van der Waals surface area (Å²) in [5.74, 6) is 1.52. The molecule has 1 aliphatic rings. The summed E-state index contributed by atoms with van der Waals surface area (Å²) in [5, 5.41) is 0. The van der Waals surface area contributed by atoms with E-state index in [2.05, 4.69) is 50.9 Å². The van der Waals surface area contributed by atoms with Gasteiger partial charge in [-0.2, -0.15) is 0 Å². The van der Waals surface area contributed by atoms with Crippen LogP contribution < -0.4 is 4.74 Å². The Morgan fingerprint density at radius 1 is 1.38 bits per heavy atom. The third kappa shape index (κ3) is 3.58. The Morgan fingerprint density at radius 3 is 2.76 bits per heavy atom. The zero-order chi connectivity index (χ0) is 15.5. The van der Waals surface area contributed by atoms with Crippen molar-refractivity contribution >= 4 is 0 Å². The van der Waals surface area contributed by atoms with Gasteiger partial charge in [-0.05, 0) is 57.5 Å². The molecule has 1 aliphatic heterocycles. The lowest BCUT2D eigenvalue weighted by Gasteiger charge is -2.46. The molecule has 0 aliphatic carbocycles. The van der Waals surface area contributed by atoms with E-state index in [1.807, 2.05) is 6.07 Å². The molecule has 1 aromatic carbocycles. The Kier molecular flexibility index (Phi) is 5.28. The Balaban J connectivity index is 2.33. The molecule has 0 aromatic heterocycles. The second-order valence-electron chi connectivity index (χ2n) is 6.70. The fourth-order valence-corrected chi connectivity index (χ4v) is 3.51. The van der Waals surface area contributed by atoms with Crippen LogP contribution >= 0.6 is 0 Å². The molecular weight excluding hydrogens is 262 g/mol. The maximum atomic E-state index is 5.87. The minimum Gasteiger partial charge on any atom is -0.491 e. The molecule has 3 heteroatoms. The zero-order valence-electron chi connectivity index (χ0n) is 14.1. The number of hydrogen-bond acceptors (Lipinski definition) is 3. The molecule has 1 aromatic rings. The van der Waals surface area contributed by atoms with E-state index >= 15 is 0 Å². The predicted octanol–water partition coefficient (Wildman–Crippen LogP) is 3.33. The minimum absolute atomic E-state index is 0.0949. The van der Waals surface area contributed by atoms with Crippen molar-refractivity contribution < 1.29 is 9.47 Å². The number of ether oxygens (including phenoxy) is 2. The first-order chi connectivity index (χ1) is 9.98. The summed E-state index contributed by atoms with van der Waals surface area (Å²) in [7, 11) is 4.01. The summed E-state index contributed by atoms with van der Waals surface area (Å²) < 4.78 is 11.5. The third-order valence-corrected chi connectivity index (χ3v) is 4.65. The van der Waals surface area contributed by atoms with E-state index in [-0.39, 0.29) is 11.5 Å². The molecule has 0 bridgehead atoms. The van der Waals surface area contributed by atoms with Crippen molar-refractivity contribution in [3.8, 4) is 5.75 Å². The number of methoxy groups -OCH3 is 1. The largest absolute Gasteiger partial charge is 0.491 e. The molecule has 1 heterocycles. The highest BCUT2D eigenvalue weighted by atomic mass is 16.5. The molecular formula is C18H29NO2. The summed E-state index contributed by atoms with van der Waals surface area (Å²) in [6.45, 7) is 9.46. The first-order valence-corrected chi connectivity index (χ1v) is 7.92. The summed E-state index contributed by atoms with van der Waals surface area (Å²) in [5.41, 5.74) is 1.44. The van der Waals surface area contributed by atoms with Crippen LogP contribution in [0.4, 0.5) is 0 Å². The van der Waals surface area contributed by atoms with Gasteiger partial charge in [0.1, 0.15) is 5.75 Å². The molecule has 0 amide bonds. The van der Waals surface area contributed by atoms with Crippen LogP contribution in [0.1, 0.15) is 32.8 Å². The van der Waals surface area contributed by atoms with E-state index in [1.54, 1.807) is 7.11 Å². The van der Waals surface area contributed by atoms with Crippen LogP contribution in [-0.4, -0.2) is 44.9 Å². The summed E-state index contributed by atoms with van der Waals surface area (Å²) in [4.78, 5) is 2.41. The number of hydrogen-bond donors (Lipinski definition) is 0.